The van der Waals surface area contributed by atoms with Crippen molar-refractivity contribution in [3.05, 3.63) is 22.7 Å². The number of ether oxygens (including phenoxy) is 1. The second kappa shape index (κ2) is 7.14. The van der Waals surface area contributed by atoms with Crippen LogP contribution in [0.3, 0.4) is 0 Å². The third-order valence-corrected chi connectivity index (χ3v) is 2.83. The number of carbonyl (C=O) groups excluding carboxylic acids is 2. The fourth-order valence-corrected chi connectivity index (χ4v) is 1.79. The van der Waals surface area contributed by atoms with E-state index in [0.717, 1.165) is 0 Å². The predicted molar refractivity (Wildman–Crippen MR) is 79.5 cm³/mol. The van der Waals surface area contributed by atoms with Gasteiger partial charge in [0.2, 0.25) is 5.91 Å². The second-order valence-electron chi connectivity index (χ2n) is 4.82. The van der Waals surface area contributed by atoms with Crippen LogP contribution in [0.25, 0.3) is 0 Å². The van der Waals surface area contributed by atoms with E-state index in [-0.39, 0.29) is 16.8 Å². The van der Waals surface area contributed by atoms with E-state index in [9.17, 15) is 9.59 Å². The number of anilines is 1. The first-order valence-electron chi connectivity index (χ1n) is 6.28. The molecule has 5 nitrogen and oxygen atoms in total. The van der Waals surface area contributed by atoms with Crippen LogP contribution in [0.5, 0.6) is 5.75 Å². The van der Waals surface area contributed by atoms with Crippen molar-refractivity contribution in [2.45, 2.75) is 20.8 Å². The van der Waals surface area contributed by atoms with E-state index < -0.39 is 0 Å². The van der Waals surface area contributed by atoms with Crippen molar-refractivity contribution in [3.63, 3.8) is 0 Å². The van der Waals surface area contributed by atoms with Gasteiger partial charge in [0.25, 0.3) is 5.91 Å². The molecule has 1 aromatic carbocycles. The van der Waals surface area contributed by atoms with Gasteiger partial charge >= 0.3 is 0 Å². The topological polar surface area (TPSA) is 67.4 Å². The molecule has 0 spiro atoms. The molecule has 0 aliphatic rings. The zero-order valence-corrected chi connectivity index (χ0v) is 12.8. The molecule has 0 aliphatic carbocycles. The van der Waals surface area contributed by atoms with Gasteiger partial charge in [-0.1, -0.05) is 25.4 Å². The van der Waals surface area contributed by atoms with Crippen LogP contribution in [-0.2, 0) is 4.79 Å². The number of halogens is 1. The molecule has 1 rings (SSSR count). The predicted octanol–water partition coefficient (Wildman–Crippen LogP) is 2.69. The second-order valence-corrected chi connectivity index (χ2v) is 5.22. The average Bonchev–Trinajstić information content (AvgIpc) is 2.37. The molecule has 6 heteroatoms. The number of carbonyl (C=O) groups is 2. The number of benzene rings is 1. The summed E-state index contributed by atoms with van der Waals surface area (Å²) in [5.74, 6) is 0.205. The van der Waals surface area contributed by atoms with Crippen molar-refractivity contribution in [1.82, 2.24) is 5.32 Å². The lowest BCUT2D eigenvalue weighted by molar-refractivity contribution is -0.114. The smallest absolute Gasteiger partial charge is 0.255 e. The third kappa shape index (κ3) is 4.42. The first-order chi connectivity index (χ1) is 9.35. The third-order valence-electron chi connectivity index (χ3n) is 2.52. The first kappa shape index (κ1) is 16.3. The van der Waals surface area contributed by atoms with Crippen LogP contribution in [0.15, 0.2) is 12.1 Å². The Hall–Kier alpha value is -1.75. The van der Waals surface area contributed by atoms with Crippen LogP contribution in [0.4, 0.5) is 5.69 Å². The van der Waals surface area contributed by atoms with Crippen molar-refractivity contribution in [2.24, 2.45) is 5.92 Å². The first-order valence-corrected chi connectivity index (χ1v) is 6.66. The molecule has 110 valence electrons. The van der Waals surface area contributed by atoms with E-state index in [4.69, 9.17) is 16.3 Å². The maximum Gasteiger partial charge on any atom is 0.255 e. The Bertz CT molecular complexity index is 515. The van der Waals surface area contributed by atoms with Crippen LogP contribution in [-0.4, -0.2) is 25.5 Å². The zero-order chi connectivity index (χ0) is 15.3. The van der Waals surface area contributed by atoms with Crippen molar-refractivity contribution in [3.8, 4) is 5.75 Å². The molecule has 0 heterocycles. The molecule has 0 saturated heterocycles. The molecule has 0 fully saturated rings. The molecular weight excluding hydrogens is 280 g/mol. The van der Waals surface area contributed by atoms with E-state index in [1.807, 2.05) is 13.8 Å². The molecule has 0 radical (unpaired) electrons. The summed E-state index contributed by atoms with van der Waals surface area (Å²) in [6.45, 7) is 5.95. The van der Waals surface area contributed by atoms with Crippen LogP contribution < -0.4 is 15.4 Å². The molecule has 0 aromatic heterocycles. The lowest BCUT2D eigenvalue weighted by Crippen LogP contribution is -2.27. The zero-order valence-electron chi connectivity index (χ0n) is 12.0. The minimum absolute atomic E-state index is 0.244. The Morgan fingerprint density at radius 3 is 2.50 bits per heavy atom. The van der Waals surface area contributed by atoms with Gasteiger partial charge < -0.3 is 15.4 Å². The van der Waals surface area contributed by atoms with Gasteiger partial charge in [-0.05, 0) is 12.0 Å². The fraction of sp³-hybridized carbons (Fsp3) is 0.429. The highest BCUT2D eigenvalue weighted by molar-refractivity contribution is 6.34. The Labute approximate surface area is 123 Å². The number of hydrogen-bond donors (Lipinski definition) is 2. The maximum atomic E-state index is 12.1. The molecule has 0 atom stereocenters. The summed E-state index contributed by atoms with van der Waals surface area (Å²) in [5.41, 5.74) is 0.753. The molecule has 1 aromatic rings. The lowest BCUT2D eigenvalue weighted by Gasteiger charge is -2.13. The van der Waals surface area contributed by atoms with Crippen LogP contribution >= 0.6 is 11.6 Å². The average molecular weight is 299 g/mol. The summed E-state index contributed by atoms with van der Waals surface area (Å²) in [6.07, 6.45) is 0. The molecule has 20 heavy (non-hydrogen) atoms. The maximum absolute atomic E-state index is 12.1. The summed E-state index contributed by atoms with van der Waals surface area (Å²) < 4.78 is 5.18. The minimum Gasteiger partial charge on any atom is -0.496 e. The minimum atomic E-state index is -0.258. The number of hydrogen-bond acceptors (Lipinski definition) is 3. The van der Waals surface area contributed by atoms with Gasteiger partial charge in [-0.25, -0.2) is 0 Å². The van der Waals surface area contributed by atoms with Crippen molar-refractivity contribution >= 4 is 29.1 Å². The lowest BCUT2D eigenvalue weighted by atomic mass is 10.1. The standard InChI is InChI=1S/C14H19ClN2O3/c1-8(2)7-16-14(19)10-5-11(15)12(17-9(3)18)6-13(10)20-4/h5-6,8H,7H2,1-4H3,(H,16,19)(H,17,18). The number of nitrogens with one attached hydrogen (secondary N) is 2. The summed E-state index contributed by atoms with van der Waals surface area (Å²) in [6, 6.07) is 3.02. The van der Waals surface area contributed by atoms with E-state index >= 15 is 0 Å². The van der Waals surface area contributed by atoms with E-state index in [2.05, 4.69) is 10.6 Å². The van der Waals surface area contributed by atoms with Crippen molar-refractivity contribution in [2.75, 3.05) is 19.0 Å². The normalized spacial score (nSPS) is 10.3. The molecule has 2 N–H and O–H groups in total. The SMILES string of the molecule is COc1cc(NC(C)=O)c(Cl)cc1C(=O)NCC(C)C. The highest BCUT2D eigenvalue weighted by Gasteiger charge is 2.16. The van der Waals surface area contributed by atoms with Crippen molar-refractivity contribution < 1.29 is 14.3 Å². The van der Waals surface area contributed by atoms with Crippen LogP contribution in [0.2, 0.25) is 5.02 Å². The van der Waals surface area contributed by atoms with Crippen LogP contribution in [0.1, 0.15) is 31.1 Å². The number of amides is 2. The van der Waals surface area contributed by atoms with Crippen molar-refractivity contribution in [1.29, 1.82) is 0 Å². The summed E-state index contributed by atoms with van der Waals surface area (Å²) in [4.78, 5) is 23.1. The highest BCUT2D eigenvalue weighted by Crippen LogP contribution is 2.31. The highest BCUT2D eigenvalue weighted by atomic mass is 35.5. The Kier molecular flexibility index (Phi) is 5.82. The van der Waals surface area contributed by atoms with Gasteiger partial charge in [-0.3, -0.25) is 9.59 Å². The number of methoxy groups -OCH3 is 1. The summed E-state index contributed by atoms with van der Waals surface area (Å²) in [7, 11) is 1.46. The molecule has 0 aliphatic heterocycles. The number of rotatable bonds is 5. The monoisotopic (exact) mass is 298 g/mol. The van der Waals surface area contributed by atoms with Gasteiger partial charge in [0, 0.05) is 19.5 Å². The van der Waals surface area contributed by atoms with Gasteiger partial charge in [0.05, 0.1) is 23.4 Å². The Balaban J connectivity index is 3.05. The van der Waals surface area contributed by atoms with Crippen LogP contribution in [0, 0.1) is 5.92 Å². The Morgan fingerprint density at radius 1 is 1.35 bits per heavy atom. The summed E-state index contributed by atoms with van der Waals surface area (Å²) in [5, 5.41) is 5.66. The Morgan fingerprint density at radius 2 is 2.00 bits per heavy atom. The van der Waals surface area contributed by atoms with Gasteiger partial charge in [-0.15, -0.1) is 0 Å². The van der Waals surface area contributed by atoms with Gasteiger partial charge in [-0.2, -0.15) is 0 Å². The summed E-state index contributed by atoms with van der Waals surface area (Å²) >= 11 is 6.06. The van der Waals surface area contributed by atoms with E-state index in [1.165, 1.54) is 26.2 Å². The van der Waals surface area contributed by atoms with E-state index in [0.29, 0.717) is 29.5 Å². The van der Waals surface area contributed by atoms with Gasteiger partial charge in [0.1, 0.15) is 5.75 Å². The molecule has 0 unspecified atom stereocenters. The molecule has 0 bridgehead atoms. The molecule has 0 saturated carbocycles. The van der Waals surface area contributed by atoms with E-state index in [1.54, 1.807) is 0 Å². The largest absolute Gasteiger partial charge is 0.496 e. The quantitative estimate of drug-likeness (QED) is 0.878. The fourth-order valence-electron chi connectivity index (χ4n) is 1.58. The molecule has 2 amide bonds. The molecular formula is C14H19ClN2O3. The van der Waals surface area contributed by atoms with Gasteiger partial charge in [0.15, 0.2) is 0 Å².